The quantitative estimate of drug-likeness (QED) is 0.805. The Labute approximate surface area is 149 Å². The van der Waals surface area contributed by atoms with Gasteiger partial charge in [0, 0.05) is 31.9 Å². The summed E-state index contributed by atoms with van der Waals surface area (Å²) in [7, 11) is 1.60. The van der Waals surface area contributed by atoms with Gasteiger partial charge in [0.25, 0.3) is 0 Å². The van der Waals surface area contributed by atoms with Crippen LogP contribution in [0.5, 0.6) is 0 Å². The van der Waals surface area contributed by atoms with E-state index in [1.165, 1.54) is 5.56 Å². The number of rotatable bonds is 5. The number of carbonyl (C=O) groups excluding carboxylic acids is 2. The molecular formula is C19H29N3O3. The molecule has 1 aromatic carbocycles. The number of hydrogen-bond donors (Lipinski definition) is 2. The second kappa shape index (κ2) is 8.85. The maximum absolute atomic E-state index is 12.7. The summed E-state index contributed by atoms with van der Waals surface area (Å²) in [6.07, 6.45) is 1.62. The SMILES string of the molecule is COCCNC(=O)C1CCC(C)N(C(=O)Nc2ccc(C)c(C)c2)C1. The number of amides is 3. The molecule has 6 heteroatoms. The lowest BCUT2D eigenvalue weighted by molar-refractivity contribution is -0.126. The van der Waals surface area contributed by atoms with Gasteiger partial charge in [-0.05, 0) is 56.9 Å². The fourth-order valence-corrected chi connectivity index (χ4v) is 3.04. The van der Waals surface area contributed by atoms with Crippen LogP contribution in [-0.2, 0) is 9.53 Å². The largest absolute Gasteiger partial charge is 0.383 e. The summed E-state index contributed by atoms with van der Waals surface area (Å²) in [5, 5.41) is 5.83. The highest BCUT2D eigenvalue weighted by atomic mass is 16.5. The molecule has 0 radical (unpaired) electrons. The lowest BCUT2D eigenvalue weighted by Crippen LogP contribution is -2.51. The van der Waals surface area contributed by atoms with Crippen LogP contribution in [0.2, 0.25) is 0 Å². The van der Waals surface area contributed by atoms with Crippen molar-refractivity contribution < 1.29 is 14.3 Å². The van der Waals surface area contributed by atoms with Crippen molar-refractivity contribution in [1.29, 1.82) is 0 Å². The molecule has 2 unspecified atom stereocenters. The zero-order valence-electron chi connectivity index (χ0n) is 15.6. The predicted molar refractivity (Wildman–Crippen MR) is 98.7 cm³/mol. The normalized spacial score (nSPS) is 20.2. The summed E-state index contributed by atoms with van der Waals surface area (Å²) in [4.78, 5) is 26.7. The molecule has 2 atom stereocenters. The molecular weight excluding hydrogens is 318 g/mol. The van der Waals surface area contributed by atoms with Crippen molar-refractivity contribution in [2.45, 2.75) is 39.7 Å². The maximum Gasteiger partial charge on any atom is 0.322 e. The predicted octanol–water partition coefficient (Wildman–Crippen LogP) is 2.70. The number of anilines is 1. The second-order valence-corrected chi connectivity index (χ2v) is 6.79. The van der Waals surface area contributed by atoms with Crippen molar-refractivity contribution in [3.05, 3.63) is 29.3 Å². The van der Waals surface area contributed by atoms with Crippen LogP contribution in [0, 0.1) is 19.8 Å². The molecule has 138 valence electrons. The van der Waals surface area contributed by atoms with Crippen molar-refractivity contribution in [2.75, 3.05) is 32.1 Å². The highest BCUT2D eigenvalue weighted by Crippen LogP contribution is 2.23. The maximum atomic E-state index is 12.7. The van der Waals surface area contributed by atoms with Gasteiger partial charge in [-0.2, -0.15) is 0 Å². The zero-order chi connectivity index (χ0) is 18.4. The average molecular weight is 347 g/mol. The van der Waals surface area contributed by atoms with Crippen molar-refractivity contribution in [2.24, 2.45) is 5.92 Å². The molecule has 1 aliphatic heterocycles. The van der Waals surface area contributed by atoms with Crippen molar-refractivity contribution in [3.8, 4) is 0 Å². The molecule has 1 fully saturated rings. The van der Waals surface area contributed by atoms with Crippen LogP contribution in [-0.4, -0.2) is 49.7 Å². The molecule has 0 bridgehead atoms. The number of aryl methyl sites for hydroxylation is 2. The topological polar surface area (TPSA) is 70.7 Å². The first-order valence-electron chi connectivity index (χ1n) is 8.84. The first kappa shape index (κ1) is 19.2. The molecule has 0 saturated carbocycles. The monoisotopic (exact) mass is 347 g/mol. The van der Waals surface area contributed by atoms with Gasteiger partial charge in [-0.1, -0.05) is 6.07 Å². The highest BCUT2D eigenvalue weighted by molar-refractivity contribution is 5.90. The molecule has 6 nitrogen and oxygen atoms in total. The summed E-state index contributed by atoms with van der Waals surface area (Å²) in [5.41, 5.74) is 3.11. The van der Waals surface area contributed by atoms with Crippen LogP contribution in [0.4, 0.5) is 10.5 Å². The Kier molecular flexibility index (Phi) is 6.82. The Hall–Kier alpha value is -2.08. The number of hydrogen-bond acceptors (Lipinski definition) is 3. The Morgan fingerprint density at radius 3 is 2.68 bits per heavy atom. The van der Waals surface area contributed by atoms with Crippen LogP contribution >= 0.6 is 0 Å². The van der Waals surface area contributed by atoms with Crippen molar-refractivity contribution in [3.63, 3.8) is 0 Å². The minimum atomic E-state index is -0.168. The van der Waals surface area contributed by atoms with E-state index >= 15 is 0 Å². The molecule has 25 heavy (non-hydrogen) atoms. The molecule has 2 N–H and O–H groups in total. The van der Waals surface area contributed by atoms with E-state index in [2.05, 4.69) is 10.6 Å². The molecule has 3 amide bonds. The number of likely N-dealkylation sites (tertiary alicyclic amines) is 1. The van der Waals surface area contributed by atoms with Gasteiger partial charge in [0.05, 0.1) is 12.5 Å². The standard InChI is InChI=1S/C19H29N3O3/c1-13-5-8-17(11-14(13)2)21-19(24)22-12-16(7-6-15(22)3)18(23)20-9-10-25-4/h5,8,11,15-16H,6-7,9-10,12H2,1-4H3,(H,20,23)(H,21,24). The van der Waals surface area contributed by atoms with Crippen molar-refractivity contribution >= 4 is 17.6 Å². The van der Waals surface area contributed by atoms with Crippen molar-refractivity contribution in [1.82, 2.24) is 10.2 Å². The van der Waals surface area contributed by atoms with Gasteiger partial charge in [-0.15, -0.1) is 0 Å². The van der Waals surface area contributed by atoms with Gasteiger partial charge >= 0.3 is 6.03 Å². The molecule has 1 saturated heterocycles. The lowest BCUT2D eigenvalue weighted by atomic mass is 9.93. The Morgan fingerprint density at radius 2 is 2.00 bits per heavy atom. The van der Waals surface area contributed by atoms with E-state index < -0.39 is 0 Å². The van der Waals surface area contributed by atoms with Gasteiger partial charge < -0.3 is 20.3 Å². The van der Waals surface area contributed by atoms with E-state index in [1.807, 2.05) is 39.0 Å². The Morgan fingerprint density at radius 1 is 1.24 bits per heavy atom. The minimum absolute atomic E-state index is 0.00655. The van der Waals surface area contributed by atoms with E-state index in [-0.39, 0.29) is 23.9 Å². The van der Waals surface area contributed by atoms with E-state index in [0.717, 1.165) is 24.1 Å². The summed E-state index contributed by atoms with van der Waals surface area (Å²) < 4.78 is 4.95. The summed E-state index contributed by atoms with van der Waals surface area (Å²) in [6.45, 7) is 7.52. The summed E-state index contributed by atoms with van der Waals surface area (Å²) in [5.74, 6) is -0.175. The minimum Gasteiger partial charge on any atom is -0.383 e. The van der Waals surface area contributed by atoms with Gasteiger partial charge in [-0.3, -0.25) is 4.79 Å². The van der Waals surface area contributed by atoms with Crippen LogP contribution in [0.25, 0.3) is 0 Å². The first-order chi connectivity index (χ1) is 11.9. The number of benzene rings is 1. The summed E-state index contributed by atoms with van der Waals surface area (Å²) >= 11 is 0. The molecule has 0 aromatic heterocycles. The number of piperidine rings is 1. The number of ether oxygens (including phenoxy) is 1. The second-order valence-electron chi connectivity index (χ2n) is 6.79. The fraction of sp³-hybridized carbons (Fsp3) is 0.579. The van der Waals surface area contributed by atoms with Crippen LogP contribution in [0.3, 0.4) is 0 Å². The third-order valence-electron chi connectivity index (χ3n) is 4.88. The zero-order valence-corrected chi connectivity index (χ0v) is 15.6. The molecule has 1 heterocycles. The van der Waals surface area contributed by atoms with Crippen LogP contribution in [0.1, 0.15) is 30.9 Å². The third-order valence-corrected chi connectivity index (χ3v) is 4.88. The Bertz CT molecular complexity index is 618. The Balaban J connectivity index is 1.97. The third kappa shape index (κ3) is 5.19. The molecule has 1 aliphatic rings. The van der Waals surface area contributed by atoms with Gasteiger partial charge in [0.2, 0.25) is 5.91 Å². The number of urea groups is 1. The highest BCUT2D eigenvalue weighted by Gasteiger charge is 2.32. The first-order valence-corrected chi connectivity index (χ1v) is 8.84. The lowest BCUT2D eigenvalue weighted by Gasteiger charge is -2.37. The number of methoxy groups -OCH3 is 1. The van der Waals surface area contributed by atoms with E-state index in [0.29, 0.717) is 19.7 Å². The fourth-order valence-electron chi connectivity index (χ4n) is 3.04. The van der Waals surface area contributed by atoms with E-state index in [9.17, 15) is 9.59 Å². The van der Waals surface area contributed by atoms with Crippen LogP contribution in [0.15, 0.2) is 18.2 Å². The van der Waals surface area contributed by atoms with Gasteiger partial charge in [0.1, 0.15) is 0 Å². The molecule has 0 spiro atoms. The number of nitrogens with zero attached hydrogens (tertiary/aromatic N) is 1. The van der Waals surface area contributed by atoms with Crippen LogP contribution < -0.4 is 10.6 Å². The van der Waals surface area contributed by atoms with Gasteiger partial charge in [0.15, 0.2) is 0 Å². The van der Waals surface area contributed by atoms with E-state index in [1.54, 1.807) is 12.0 Å². The summed E-state index contributed by atoms with van der Waals surface area (Å²) in [6, 6.07) is 5.84. The average Bonchev–Trinajstić information content (AvgIpc) is 2.58. The molecule has 2 rings (SSSR count). The molecule has 1 aromatic rings. The molecule has 0 aliphatic carbocycles. The van der Waals surface area contributed by atoms with E-state index in [4.69, 9.17) is 4.74 Å². The number of carbonyl (C=O) groups is 2. The smallest absolute Gasteiger partial charge is 0.322 e. The number of nitrogens with one attached hydrogen (secondary N) is 2. The van der Waals surface area contributed by atoms with Gasteiger partial charge in [-0.25, -0.2) is 4.79 Å².